The lowest BCUT2D eigenvalue weighted by molar-refractivity contribution is -0.198. The zero-order valence-corrected chi connectivity index (χ0v) is 19.3. The molecule has 10 heteroatoms. The van der Waals surface area contributed by atoms with Crippen molar-refractivity contribution in [2.45, 2.75) is 76.0 Å². The maximum atomic E-state index is 6.42. The van der Waals surface area contributed by atoms with Gasteiger partial charge in [0.25, 0.3) is 0 Å². The van der Waals surface area contributed by atoms with E-state index in [1.165, 1.54) is 0 Å². The third-order valence-corrected chi connectivity index (χ3v) is 6.56. The lowest BCUT2D eigenvalue weighted by Crippen LogP contribution is -2.33. The molecule has 3 aromatic rings. The summed E-state index contributed by atoms with van der Waals surface area (Å²) < 4.78 is 32.7. The van der Waals surface area contributed by atoms with Gasteiger partial charge in [0, 0.05) is 0 Å². The molecule has 1 saturated carbocycles. The van der Waals surface area contributed by atoms with Gasteiger partial charge >= 0.3 is 6.01 Å². The van der Waals surface area contributed by atoms with Crippen molar-refractivity contribution in [3.05, 3.63) is 36.7 Å². The molecule has 34 heavy (non-hydrogen) atoms. The van der Waals surface area contributed by atoms with E-state index in [0.717, 1.165) is 31.4 Å². The van der Waals surface area contributed by atoms with Crippen LogP contribution < -0.4 is 15.2 Å². The number of nitrogens with two attached hydrogens (primary N) is 1. The first-order valence-electron chi connectivity index (χ1n) is 11.8. The van der Waals surface area contributed by atoms with Gasteiger partial charge in [-0.15, -0.1) is 0 Å². The normalized spacial score (nSPS) is 28.4. The third-order valence-electron chi connectivity index (χ3n) is 6.56. The number of benzene rings is 1. The molecule has 10 nitrogen and oxygen atoms in total. The highest BCUT2D eigenvalue weighted by molar-refractivity contribution is 5.82. The molecule has 2 aliphatic heterocycles. The van der Waals surface area contributed by atoms with Crippen molar-refractivity contribution in [3.63, 3.8) is 0 Å². The Morgan fingerprint density at radius 2 is 1.85 bits per heavy atom. The minimum atomic E-state index is -0.747. The van der Waals surface area contributed by atoms with E-state index < -0.39 is 12.0 Å². The van der Waals surface area contributed by atoms with Gasteiger partial charge in [-0.25, -0.2) is 4.98 Å². The number of anilines is 1. The maximum Gasteiger partial charge on any atom is 0.320 e. The lowest BCUT2D eigenvalue weighted by Gasteiger charge is -2.25. The van der Waals surface area contributed by atoms with Gasteiger partial charge in [-0.1, -0.05) is 18.2 Å². The molecule has 0 radical (unpaired) electrons. The van der Waals surface area contributed by atoms with Gasteiger partial charge < -0.3 is 29.4 Å². The molecule has 0 bridgehead atoms. The second kappa shape index (κ2) is 8.37. The Morgan fingerprint density at radius 1 is 1.09 bits per heavy atom. The van der Waals surface area contributed by atoms with Gasteiger partial charge in [-0.3, -0.25) is 4.57 Å². The van der Waals surface area contributed by atoms with Crippen molar-refractivity contribution in [2.24, 2.45) is 0 Å². The van der Waals surface area contributed by atoms with Gasteiger partial charge in [0.1, 0.15) is 36.8 Å². The smallest absolute Gasteiger partial charge is 0.320 e. The van der Waals surface area contributed by atoms with Crippen molar-refractivity contribution in [2.75, 3.05) is 12.3 Å². The Kier molecular flexibility index (Phi) is 5.31. The molecule has 2 N–H and O–H groups in total. The van der Waals surface area contributed by atoms with Gasteiger partial charge in [-0.05, 0) is 51.7 Å². The average molecular weight is 468 g/mol. The Bertz CT molecular complexity index is 1160. The second-order valence-corrected chi connectivity index (χ2v) is 9.49. The summed E-state index contributed by atoms with van der Waals surface area (Å²) in [5, 5.41) is 0. The van der Waals surface area contributed by atoms with Crippen LogP contribution in [0, 0.1) is 0 Å². The molecule has 1 aliphatic carbocycles. The van der Waals surface area contributed by atoms with Crippen molar-refractivity contribution in [3.8, 4) is 11.8 Å². The number of rotatable bonds is 6. The highest BCUT2D eigenvalue weighted by Gasteiger charge is 2.56. The summed E-state index contributed by atoms with van der Waals surface area (Å²) in [4.78, 5) is 13.4. The molecule has 2 aromatic heterocycles. The van der Waals surface area contributed by atoms with Crippen LogP contribution in [0.4, 0.5) is 5.82 Å². The minimum absolute atomic E-state index is 0.118. The Balaban J connectivity index is 1.29. The van der Waals surface area contributed by atoms with Gasteiger partial charge in [0.05, 0.1) is 6.33 Å². The number of aromatic nitrogens is 4. The fourth-order valence-corrected chi connectivity index (χ4v) is 5.02. The molecular formula is C24H29N5O5. The van der Waals surface area contributed by atoms with E-state index >= 15 is 0 Å². The molecule has 0 amide bonds. The van der Waals surface area contributed by atoms with Crippen LogP contribution in [0.1, 0.15) is 45.8 Å². The summed E-state index contributed by atoms with van der Waals surface area (Å²) in [7, 11) is 0. The van der Waals surface area contributed by atoms with Gasteiger partial charge in [-0.2, -0.15) is 9.97 Å². The molecule has 180 valence electrons. The number of nitrogen functional groups attached to an aromatic ring is 1. The summed E-state index contributed by atoms with van der Waals surface area (Å²) in [6, 6.07) is 9.90. The van der Waals surface area contributed by atoms with Crippen LogP contribution in [0.5, 0.6) is 11.8 Å². The number of fused-ring (bicyclic) bond motifs is 2. The molecule has 1 aromatic carbocycles. The highest BCUT2D eigenvalue weighted by atomic mass is 16.8. The second-order valence-electron chi connectivity index (χ2n) is 9.49. The first-order valence-corrected chi connectivity index (χ1v) is 11.8. The summed E-state index contributed by atoms with van der Waals surface area (Å²) in [6.45, 7) is 4.12. The number of ether oxygens (including phenoxy) is 5. The predicted octanol–water partition coefficient (Wildman–Crippen LogP) is 3.23. The summed E-state index contributed by atoms with van der Waals surface area (Å²) >= 11 is 0. The Morgan fingerprint density at radius 3 is 2.65 bits per heavy atom. The van der Waals surface area contributed by atoms with Crippen molar-refractivity contribution >= 4 is 17.0 Å². The summed E-state index contributed by atoms with van der Waals surface area (Å²) in [5.41, 5.74) is 7.25. The van der Waals surface area contributed by atoms with E-state index in [1.807, 2.05) is 48.7 Å². The Labute approximate surface area is 197 Å². The topological polar surface area (TPSA) is 116 Å². The molecule has 6 rings (SSSR count). The van der Waals surface area contributed by atoms with Gasteiger partial charge in [0.2, 0.25) is 0 Å². The van der Waals surface area contributed by atoms with Crippen LogP contribution >= 0.6 is 0 Å². The number of para-hydroxylation sites is 1. The monoisotopic (exact) mass is 467 g/mol. The zero-order valence-electron chi connectivity index (χ0n) is 19.3. The van der Waals surface area contributed by atoms with Crippen molar-refractivity contribution in [1.82, 2.24) is 19.5 Å². The molecule has 4 atom stereocenters. The minimum Gasteiger partial charge on any atom is -0.491 e. The van der Waals surface area contributed by atoms with Crippen LogP contribution in [0.25, 0.3) is 11.2 Å². The summed E-state index contributed by atoms with van der Waals surface area (Å²) in [6.07, 6.45) is 4.54. The predicted molar refractivity (Wildman–Crippen MR) is 122 cm³/mol. The fraction of sp³-hybridized carbons (Fsp3) is 0.542. The SMILES string of the molecule is CC1(C)O[C@@H]2[C@H](O1)[C@@H](COc1ccccc1)O[C@H]2n1cnc2c(N)nc(OC3CCCC3)nc21. The van der Waals surface area contributed by atoms with E-state index in [-0.39, 0.29) is 36.2 Å². The van der Waals surface area contributed by atoms with E-state index in [4.69, 9.17) is 29.4 Å². The van der Waals surface area contributed by atoms with E-state index in [9.17, 15) is 0 Å². The zero-order chi connectivity index (χ0) is 23.3. The molecule has 0 unspecified atom stereocenters. The maximum absolute atomic E-state index is 6.42. The molecule has 0 spiro atoms. The van der Waals surface area contributed by atoms with Crippen LogP contribution in [-0.2, 0) is 14.2 Å². The third kappa shape index (κ3) is 3.95. The number of nitrogens with zero attached hydrogens (tertiary/aromatic N) is 4. The largest absolute Gasteiger partial charge is 0.491 e. The van der Waals surface area contributed by atoms with Crippen LogP contribution in [-0.4, -0.2) is 56.3 Å². The van der Waals surface area contributed by atoms with E-state index in [2.05, 4.69) is 15.0 Å². The van der Waals surface area contributed by atoms with E-state index in [0.29, 0.717) is 17.8 Å². The molecule has 2 saturated heterocycles. The lowest BCUT2D eigenvalue weighted by atomic mass is 10.1. The quantitative estimate of drug-likeness (QED) is 0.583. The molecular weight excluding hydrogens is 438 g/mol. The standard InChI is InChI=1S/C24H29N5O5/c1-24(2)33-18-16(12-30-14-8-4-3-5-9-14)32-22(19(18)34-24)29-13-26-17-20(25)27-23(28-21(17)29)31-15-10-6-7-11-15/h3-5,8-9,13,15-16,18-19,22H,6-7,10-12H2,1-2H3,(H2,25,27,28)/t16-,18-,19-,22-/m1/s1. The molecule has 3 aliphatic rings. The molecule has 3 fully saturated rings. The number of hydrogen-bond donors (Lipinski definition) is 1. The van der Waals surface area contributed by atoms with E-state index in [1.54, 1.807) is 6.33 Å². The van der Waals surface area contributed by atoms with Crippen molar-refractivity contribution in [1.29, 1.82) is 0 Å². The average Bonchev–Trinajstić information content (AvgIpc) is 3.58. The highest BCUT2D eigenvalue weighted by Crippen LogP contribution is 2.44. The van der Waals surface area contributed by atoms with Crippen LogP contribution in [0.3, 0.4) is 0 Å². The van der Waals surface area contributed by atoms with Crippen molar-refractivity contribution < 1.29 is 23.7 Å². The summed E-state index contributed by atoms with van der Waals surface area (Å²) in [5.74, 6) is 0.300. The van der Waals surface area contributed by atoms with Crippen LogP contribution in [0.2, 0.25) is 0 Å². The number of imidazole rings is 1. The fourth-order valence-electron chi connectivity index (χ4n) is 5.02. The number of hydrogen-bond acceptors (Lipinski definition) is 9. The first kappa shape index (κ1) is 21.6. The van der Waals surface area contributed by atoms with Crippen LogP contribution in [0.15, 0.2) is 36.7 Å². The van der Waals surface area contributed by atoms with Gasteiger partial charge in [0.15, 0.2) is 29.0 Å². The Hall–Kier alpha value is -2.95. The first-order chi connectivity index (χ1) is 16.5. The molecule has 4 heterocycles.